The second kappa shape index (κ2) is 7.94. The number of esters is 1. The molecular weight excluding hydrogens is 376 g/mol. The van der Waals surface area contributed by atoms with Crippen molar-refractivity contribution in [3.8, 4) is 11.8 Å². The third-order valence-corrected chi connectivity index (χ3v) is 5.58. The fraction of sp³-hybridized carbons (Fsp3) is 0.348. The zero-order valence-corrected chi connectivity index (χ0v) is 15.8. The molecule has 4 rings (SSSR count). The van der Waals surface area contributed by atoms with E-state index in [1.165, 1.54) is 30.7 Å². The predicted molar refractivity (Wildman–Crippen MR) is 103 cm³/mol. The molecule has 1 aliphatic carbocycles. The minimum atomic E-state index is -2.20. The third-order valence-electron chi connectivity index (χ3n) is 5.58. The second-order valence-electron chi connectivity index (χ2n) is 7.60. The summed E-state index contributed by atoms with van der Waals surface area (Å²) in [5.41, 5.74) is -1.95. The van der Waals surface area contributed by atoms with E-state index in [-0.39, 0.29) is 17.7 Å². The van der Waals surface area contributed by atoms with Crippen LogP contribution < -0.4 is 0 Å². The van der Waals surface area contributed by atoms with Gasteiger partial charge < -0.3 is 9.84 Å². The van der Waals surface area contributed by atoms with Crippen LogP contribution in [-0.4, -0.2) is 42.2 Å². The maximum absolute atomic E-state index is 13.3. The standard InChI is InChI=1S/C23H21F2NO3/c24-20-7-3-18(4-8-20)23(28,19-5-9-21(25)10-6-19)22(27)29-12-2-1-11-26-14-16-13-17(16)15-26/h3-10,16-17,28H,11-15H2. The van der Waals surface area contributed by atoms with Crippen molar-refractivity contribution in [3.05, 3.63) is 71.3 Å². The van der Waals surface area contributed by atoms with Crippen LogP contribution in [0.15, 0.2) is 48.5 Å². The number of hydrogen-bond donors (Lipinski definition) is 1. The monoisotopic (exact) mass is 397 g/mol. The van der Waals surface area contributed by atoms with E-state index in [2.05, 4.69) is 16.7 Å². The van der Waals surface area contributed by atoms with Crippen LogP contribution in [0, 0.1) is 35.3 Å². The molecule has 4 nitrogen and oxygen atoms in total. The molecule has 1 saturated heterocycles. The topological polar surface area (TPSA) is 49.8 Å². The molecule has 1 saturated carbocycles. The highest BCUT2D eigenvalue weighted by atomic mass is 19.1. The average Bonchev–Trinajstić information content (AvgIpc) is 3.33. The first-order valence-corrected chi connectivity index (χ1v) is 9.56. The smallest absolute Gasteiger partial charge is 0.348 e. The van der Waals surface area contributed by atoms with E-state index >= 15 is 0 Å². The number of likely N-dealkylation sites (tertiary alicyclic amines) is 1. The van der Waals surface area contributed by atoms with E-state index in [4.69, 9.17) is 4.74 Å². The Morgan fingerprint density at radius 3 is 2.03 bits per heavy atom. The van der Waals surface area contributed by atoms with Crippen LogP contribution >= 0.6 is 0 Å². The lowest BCUT2D eigenvalue weighted by molar-refractivity contribution is -0.160. The van der Waals surface area contributed by atoms with Crippen LogP contribution in [0.3, 0.4) is 0 Å². The van der Waals surface area contributed by atoms with Gasteiger partial charge in [-0.25, -0.2) is 13.6 Å². The molecular formula is C23H21F2NO3. The van der Waals surface area contributed by atoms with Crippen LogP contribution in [0.25, 0.3) is 0 Å². The Balaban J connectivity index is 1.46. The number of aliphatic hydroxyl groups is 1. The van der Waals surface area contributed by atoms with Gasteiger partial charge in [0.1, 0.15) is 11.6 Å². The van der Waals surface area contributed by atoms with Crippen LogP contribution in [0.1, 0.15) is 17.5 Å². The van der Waals surface area contributed by atoms with E-state index in [0.717, 1.165) is 49.2 Å². The lowest BCUT2D eigenvalue weighted by Crippen LogP contribution is -2.38. The fourth-order valence-corrected chi connectivity index (χ4v) is 3.83. The molecule has 2 aromatic carbocycles. The molecule has 0 bridgehead atoms. The number of benzene rings is 2. The van der Waals surface area contributed by atoms with E-state index in [9.17, 15) is 18.7 Å². The van der Waals surface area contributed by atoms with Crippen LogP contribution in [-0.2, 0) is 15.1 Å². The van der Waals surface area contributed by atoms with Crippen molar-refractivity contribution in [3.63, 3.8) is 0 Å². The lowest BCUT2D eigenvalue weighted by Gasteiger charge is -2.26. The molecule has 1 N–H and O–H groups in total. The Kier molecular flexibility index (Phi) is 5.35. The summed E-state index contributed by atoms with van der Waals surface area (Å²) >= 11 is 0. The van der Waals surface area contributed by atoms with Crippen LogP contribution in [0.4, 0.5) is 8.78 Å². The van der Waals surface area contributed by atoms with Gasteiger partial charge in [-0.2, -0.15) is 0 Å². The fourth-order valence-electron chi connectivity index (χ4n) is 3.83. The van der Waals surface area contributed by atoms with Crippen molar-refractivity contribution < 1.29 is 23.4 Å². The number of fused-ring (bicyclic) bond motifs is 1. The summed E-state index contributed by atoms with van der Waals surface area (Å²) in [6, 6.07) is 9.73. The molecule has 2 aromatic rings. The lowest BCUT2D eigenvalue weighted by atomic mass is 9.86. The SMILES string of the molecule is O=C(OCC#CCN1CC2CC2C1)C(O)(c1ccc(F)cc1)c1ccc(F)cc1. The minimum absolute atomic E-state index is 0.125. The predicted octanol–water partition coefficient (Wildman–Crippen LogP) is 2.70. The summed E-state index contributed by atoms with van der Waals surface area (Å²) in [6.45, 7) is 2.61. The van der Waals surface area contributed by atoms with Crippen molar-refractivity contribution in [2.24, 2.45) is 11.8 Å². The van der Waals surface area contributed by atoms with Crippen LogP contribution in [0.2, 0.25) is 0 Å². The zero-order valence-electron chi connectivity index (χ0n) is 15.8. The van der Waals surface area contributed by atoms with Gasteiger partial charge in [0.05, 0.1) is 6.54 Å². The molecule has 0 spiro atoms. The maximum atomic E-state index is 13.3. The number of halogens is 2. The highest BCUT2D eigenvalue weighted by Crippen LogP contribution is 2.44. The summed E-state index contributed by atoms with van der Waals surface area (Å²) in [6.07, 6.45) is 1.33. The van der Waals surface area contributed by atoms with Crippen molar-refractivity contribution in [1.29, 1.82) is 0 Å². The van der Waals surface area contributed by atoms with E-state index < -0.39 is 23.2 Å². The Morgan fingerprint density at radius 1 is 1.00 bits per heavy atom. The summed E-state index contributed by atoms with van der Waals surface area (Å²) in [5, 5.41) is 11.2. The number of ether oxygens (including phenoxy) is 1. The summed E-state index contributed by atoms with van der Waals surface area (Å²) in [5.74, 6) is 5.48. The normalized spacial score (nSPS) is 20.5. The van der Waals surface area contributed by atoms with Crippen molar-refractivity contribution in [2.45, 2.75) is 12.0 Å². The first-order chi connectivity index (χ1) is 14.0. The van der Waals surface area contributed by atoms with Crippen molar-refractivity contribution in [2.75, 3.05) is 26.2 Å². The van der Waals surface area contributed by atoms with Crippen LogP contribution in [0.5, 0.6) is 0 Å². The molecule has 2 unspecified atom stereocenters. The molecule has 2 atom stereocenters. The van der Waals surface area contributed by atoms with Gasteiger partial charge in [0.2, 0.25) is 5.60 Å². The van der Waals surface area contributed by atoms with Gasteiger partial charge in [-0.3, -0.25) is 4.90 Å². The largest absolute Gasteiger partial charge is 0.450 e. The molecule has 1 aliphatic heterocycles. The number of hydrogen-bond acceptors (Lipinski definition) is 4. The van der Waals surface area contributed by atoms with Gasteiger partial charge in [0.25, 0.3) is 0 Å². The zero-order chi connectivity index (χ0) is 20.4. The molecule has 0 amide bonds. The molecule has 1 heterocycles. The molecule has 2 aliphatic rings. The Bertz CT molecular complexity index is 891. The number of nitrogens with zero attached hydrogens (tertiary/aromatic N) is 1. The van der Waals surface area contributed by atoms with E-state index in [1.807, 2.05) is 0 Å². The molecule has 0 radical (unpaired) electrons. The third kappa shape index (κ3) is 4.16. The number of rotatable bonds is 5. The van der Waals surface area contributed by atoms with Gasteiger partial charge >= 0.3 is 5.97 Å². The van der Waals surface area contributed by atoms with Crippen molar-refractivity contribution in [1.82, 2.24) is 4.90 Å². The summed E-state index contributed by atoms with van der Waals surface area (Å²) in [7, 11) is 0. The first-order valence-electron chi connectivity index (χ1n) is 9.56. The number of carbonyl (C=O) groups is 1. The second-order valence-corrected chi connectivity index (χ2v) is 7.60. The van der Waals surface area contributed by atoms with E-state index in [1.54, 1.807) is 0 Å². The Labute approximate surface area is 168 Å². The van der Waals surface area contributed by atoms with Crippen molar-refractivity contribution >= 4 is 5.97 Å². The van der Waals surface area contributed by atoms with Gasteiger partial charge in [-0.15, -0.1) is 0 Å². The quantitative estimate of drug-likeness (QED) is 0.623. The molecule has 2 fully saturated rings. The Hall–Kier alpha value is -2.75. The van der Waals surface area contributed by atoms with E-state index in [0.29, 0.717) is 6.54 Å². The van der Waals surface area contributed by atoms with Gasteiger partial charge in [-0.05, 0) is 53.6 Å². The molecule has 29 heavy (non-hydrogen) atoms. The molecule has 150 valence electrons. The van der Waals surface area contributed by atoms with Gasteiger partial charge in [0.15, 0.2) is 6.61 Å². The molecule has 6 heteroatoms. The summed E-state index contributed by atoms with van der Waals surface area (Å²) in [4.78, 5) is 15.0. The highest BCUT2D eigenvalue weighted by molar-refractivity contribution is 5.85. The number of piperidine rings is 1. The average molecular weight is 397 g/mol. The first kappa shape index (κ1) is 19.6. The van der Waals surface area contributed by atoms with Gasteiger partial charge in [-0.1, -0.05) is 36.1 Å². The minimum Gasteiger partial charge on any atom is -0.450 e. The molecule has 0 aromatic heterocycles. The summed E-state index contributed by atoms with van der Waals surface area (Å²) < 4.78 is 31.8. The number of carbonyl (C=O) groups excluding carboxylic acids is 1. The van der Waals surface area contributed by atoms with Gasteiger partial charge in [0, 0.05) is 13.1 Å². The highest BCUT2D eigenvalue weighted by Gasteiger charge is 2.44. The Morgan fingerprint density at radius 2 is 1.52 bits per heavy atom. The maximum Gasteiger partial charge on any atom is 0.348 e.